The molecule has 2 atom stereocenters. The Kier molecular flexibility index (Phi) is 7.49. The summed E-state index contributed by atoms with van der Waals surface area (Å²) in [5.74, 6) is 1.72. The molecule has 5 heteroatoms. The third kappa shape index (κ3) is 4.77. The van der Waals surface area contributed by atoms with Crippen molar-refractivity contribution in [2.24, 2.45) is 11.7 Å². The third-order valence-corrected chi connectivity index (χ3v) is 5.09. The van der Waals surface area contributed by atoms with Gasteiger partial charge in [0.1, 0.15) is 5.75 Å². The van der Waals surface area contributed by atoms with Crippen LogP contribution >= 0.6 is 12.4 Å². The molecule has 1 amide bonds. The summed E-state index contributed by atoms with van der Waals surface area (Å²) in [6, 6.07) is 18.3. The Hall–Kier alpha value is -2.04. The van der Waals surface area contributed by atoms with Crippen LogP contribution in [0.1, 0.15) is 23.5 Å². The Morgan fingerprint density at radius 2 is 1.92 bits per heavy atom. The zero-order chi connectivity index (χ0) is 17.6. The second-order valence-electron chi connectivity index (χ2n) is 6.66. The molecule has 2 N–H and O–H groups in total. The fourth-order valence-electron chi connectivity index (χ4n) is 3.63. The first-order chi connectivity index (χ1) is 12.2. The van der Waals surface area contributed by atoms with Crippen LogP contribution in [0.3, 0.4) is 0 Å². The van der Waals surface area contributed by atoms with Gasteiger partial charge in [0, 0.05) is 25.4 Å². The van der Waals surface area contributed by atoms with E-state index in [4.69, 9.17) is 10.5 Å². The van der Waals surface area contributed by atoms with Crippen LogP contribution in [0.4, 0.5) is 0 Å². The molecule has 1 saturated heterocycles. The molecule has 3 rings (SSSR count). The van der Waals surface area contributed by atoms with Crippen LogP contribution in [0.15, 0.2) is 54.6 Å². The summed E-state index contributed by atoms with van der Waals surface area (Å²) < 4.78 is 5.24. The van der Waals surface area contributed by atoms with Crippen LogP contribution in [-0.4, -0.2) is 37.6 Å². The number of nitrogens with zero attached hydrogens (tertiary/aromatic N) is 1. The molecule has 4 nitrogen and oxygen atoms in total. The number of hydrogen-bond donors (Lipinski definition) is 1. The van der Waals surface area contributed by atoms with Crippen molar-refractivity contribution >= 4 is 18.3 Å². The molecule has 0 aliphatic carbocycles. The van der Waals surface area contributed by atoms with E-state index < -0.39 is 0 Å². The van der Waals surface area contributed by atoms with Gasteiger partial charge in [-0.3, -0.25) is 4.79 Å². The topological polar surface area (TPSA) is 55.6 Å². The van der Waals surface area contributed by atoms with E-state index in [1.165, 1.54) is 5.56 Å². The van der Waals surface area contributed by atoms with Crippen LogP contribution in [0, 0.1) is 5.92 Å². The number of likely N-dealkylation sites (tertiary alicyclic amines) is 1. The van der Waals surface area contributed by atoms with E-state index in [1.807, 2.05) is 35.2 Å². The molecule has 1 heterocycles. The predicted molar refractivity (Wildman–Crippen MR) is 107 cm³/mol. The smallest absolute Gasteiger partial charge is 0.222 e. The maximum absolute atomic E-state index is 12.7. The standard InChI is InChI=1S/C21H26N2O2.ClH/c1-25-19-9-5-6-16(12-19)10-11-21(24)23-14-18(13-22)20(15-23)17-7-3-2-4-8-17;/h2-9,12,18,20H,10-11,13-15,22H2,1H3;1H/t18-,20+;/m1./s1. The van der Waals surface area contributed by atoms with Gasteiger partial charge in [-0.15, -0.1) is 12.4 Å². The Morgan fingerprint density at radius 1 is 1.15 bits per heavy atom. The van der Waals surface area contributed by atoms with Crippen molar-refractivity contribution in [1.29, 1.82) is 0 Å². The number of methoxy groups -OCH3 is 1. The lowest BCUT2D eigenvalue weighted by Gasteiger charge is -2.17. The van der Waals surface area contributed by atoms with Crippen molar-refractivity contribution in [2.75, 3.05) is 26.7 Å². The van der Waals surface area contributed by atoms with Crippen molar-refractivity contribution in [3.05, 3.63) is 65.7 Å². The quantitative estimate of drug-likeness (QED) is 0.844. The van der Waals surface area contributed by atoms with Gasteiger partial charge in [-0.05, 0) is 42.1 Å². The Morgan fingerprint density at radius 3 is 2.62 bits per heavy atom. The second kappa shape index (κ2) is 9.60. The van der Waals surface area contributed by atoms with E-state index in [0.29, 0.717) is 24.8 Å². The molecule has 0 radical (unpaired) electrons. The maximum Gasteiger partial charge on any atom is 0.222 e. The summed E-state index contributed by atoms with van der Waals surface area (Å²) >= 11 is 0. The highest BCUT2D eigenvalue weighted by atomic mass is 35.5. The summed E-state index contributed by atoms with van der Waals surface area (Å²) in [4.78, 5) is 14.6. The molecular weight excluding hydrogens is 348 g/mol. The van der Waals surface area contributed by atoms with Crippen molar-refractivity contribution < 1.29 is 9.53 Å². The van der Waals surface area contributed by atoms with Crippen LogP contribution in [0.2, 0.25) is 0 Å². The molecular formula is C21H27ClN2O2. The fraction of sp³-hybridized carbons (Fsp3) is 0.381. The first kappa shape index (κ1) is 20.3. The van der Waals surface area contributed by atoms with Crippen LogP contribution in [0.25, 0.3) is 0 Å². The highest BCUT2D eigenvalue weighted by Gasteiger charge is 2.34. The lowest BCUT2D eigenvalue weighted by atomic mass is 9.89. The molecule has 1 fully saturated rings. The lowest BCUT2D eigenvalue weighted by Crippen LogP contribution is -2.30. The molecule has 2 aromatic carbocycles. The molecule has 140 valence electrons. The van der Waals surface area contributed by atoms with Gasteiger partial charge >= 0.3 is 0 Å². The number of rotatable bonds is 6. The van der Waals surface area contributed by atoms with E-state index in [1.54, 1.807) is 7.11 Å². The highest BCUT2D eigenvalue weighted by Crippen LogP contribution is 2.32. The Bertz CT molecular complexity index is 708. The molecule has 0 aromatic heterocycles. The Balaban J connectivity index is 0.00000243. The van der Waals surface area contributed by atoms with Crippen LogP contribution in [-0.2, 0) is 11.2 Å². The molecule has 1 aliphatic heterocycles. The average molecular weight is 375 g/mol. The number of amides is 1. The largest absolute Gasteiger partial charge is 0.497 e. The van der Waals surface area contributed by atoms with Gasteiger partial charge < -0.3 is 15.4 Å². The number of nitrogens with two attached hydrogens (primary N) is 1. The van der Waals surface area contributed by atoms with E-state index in [2.05, 4.69) is 24.3 Å². The van der Waals surface area contributed by atoms with Crippen molar-refractivity contribution in [3.63, 3.8) is 0 Å². The number of carbonyl (C=O) groups is 1. The molecule has 0 bridgehead atoms. The first-order valence-electron chi connectivity index (χ1n) is 8.87. The summed E-state index contributed by atoms with van der Waals surface area (Å²) in [5, 5.41) is 0. The monoisotopic (exact) mass is 374 g/mol. The van der Waals surface area contributed by atoms with Gasteiger partial charge in [-0.25, -0.2) is 0 Å². The van der Waals surface area contributed by atoms with E-state index in [9.17, 15) is 4.79 Å². The SMILES string of the molecule is COc1cccc(CCC(=O)N2C[C@@H](CN)[C@H](c3ccccc3)C2)c1.Cl. The molecule has 1 aliphatic rings. The Labute approximate surface area is 161 Å². The van der Waals surface area contributed by atoms with Crippen molar-refractivity contribution in [3.8, 4) is 5.75 Å². The highest BCUT2D eigenvalue weighted by molar-refractivity contribution is 5.85. The maximum atomic E-state index is 12.7. The minimum Gasteiger partial charge on any atom is -0.497 e. The van der Waals surface area contributed by atoms with Crippen molar-refractivity contribution in [2.45, 2.75) is 18.8 Å². The summed E-state index contributed by atoms with van der Waals surface area (Å²) in [5.41, 5.74) is 8.37. The van der Waals surface area contributed by atoms with Gasteiger partial charge in [0.15, 0.2) is 0 Å². The zero-order valence-corrected chi connectivity index (χ0v) is 16.0. The number of hydrogen-bond acceptors (Lipinski definition) is 3. The normalized spacial score (nSPS) is 19.1. The van der Waals surface area contributed by atoms with Gasteiger partial charge in [-0.1, -0.05) is 42.5 Å². The summed E-state index contributed by atoms with van der Waals surface area (Å²) in [6.07, 6.45) is 1.25. The average Bonchev–Trinajstić information content (AvgIpc) is 3.11. The minimum atomic E-state index is 0. The van der Waals surface area contributed by atoms with Gasteiger partial charge in [-0.2, -0.15) is 0 Å². The van der Waals surface area contributed by atoms with Gasteiger partial charge in [0.2, 0.25) is 5.91 Å². The molecule has 0 saturated carbocycles. The second-order valence-corrected chi connectivity index (χ2v) is 6.66. The predicted octanol–water partition coefficient (Wildman–Crippen LogP) is 3.25. The molecule has 0 unspecified atom stereocenters. The number of benzene rings is 2. The zero-order valence-electron chi connectivity index (χ0n) is 15.1. The number of halogens is 1. The van der Waals surface area contributed by atoms with Crippen molar-refractivity contribution in [1.82, 2.24) is 4.90 Å². The number of aryl methyl sites for hydroxylation is 1. The van der Waals surface area contributed by atoms with Gasteiger partial charge in [0.05, 0.1) is 7.11 Å². The molecule has 2 aromatic rings. The number of carbonyl (C=O) groups excluding carboxylic acids is 1. The fourth-order valence-corrected chi connectivity index (χ4v) is 3.63. The van der Waals surface area contributed by atoms with E-state index >= 15 is 0 Å². The molecule has 26 heavy (non-hydrogen) atoms. The third-order valence-electron chi connectivity index (χ3n) is 5.09. The lowest BCUT2D eigenvalue weighted by molar-refractivity contribution is -0.130. The molecule has 0 spiro atoms. The van der Waals surface area contributed by atoms with Crippen LogP contribution in [0.5, 0.6) is 5.75 Å². The van der Waals surface area contributed by atoms with E-state index in [0.717, 1.165) is 30.8 Å². The minimum absolute atomic E-state index is 0. The van der Waals surface area contributed by atoms with Crippen LogP contribution < -0.4 is 10.5 Å². The van der Waals surface area contributed by atoms with Gasteiger partial charge in [0.25, 0.3) is 0 Å². The summed E-state index contributed by atoms with van der Waals surface area (Å²) in [6.45, 7) is 2.13. The van der Waals surface area contributed by atoms with E-state index in [-0.39, 0.29) is 18.3 Å². The first-order valence-corrected chi connectivity index (χ1v) is 8.87. The summed E-state index contributed by atoms with van der Waals surface area (Å²) in [7, 11) is 1.66. The number of ether oxygens (including phenoxy) is 1.